The van der Waals surface area contributed by atoms with E-state index in [9.17, 15) is 27.7 Å². The number of alkyl carbamates (subject to hydrolysis) is 1. The van der Waals surface area contributed by atoms with E-state index in [2.05, 4.69) is 5.32 Å². The fourth-order valence-electron chi connectivity index (χ4n) is 6.36. The van der Waals surface area contributed by atoms with Crippen LogP contribution in [0.5, 0.6) is 17.2 Å². The van der Waals surface area contributed by atoms with Crippen molar-refractivity contribution in [2.24, 2.45) is 11.8 Å². The number of amides is 1. The Morgan fingerprint density at radius 1 is 0.930 bits per heavy atom. The Labute approximate surface area is 333 Å². The summed E-state index contributed by atoms with van der Waals surface area (Å²) >= 11 is 0. The van der Waals surface area contributed by atoms with Crippen molar-refractivity contribution in [3.05, 3.63) is 84.4 Å². The quantitative estimate of drug-likeness (QED) is 0.114. The lowest BCUT2D eigenvalue weighted by atomic mass is 10.0. The molecule has 0 aliphatic carbocycles. The first-order valence-electron chi connectivity index (χ1n) is 18.5. The fourth-order valence-corrected chi connectivity index (χ4v) is 9.46. The molecule has 2 aliphatic rings. The van der Waals surface area contributed by atoms with E-state index in [1.54, 1.807) is 66.7 Å². The Morgan fingerprint density at radius 2 is 1.61 bits per heavy atom. The third-order valence-electron chi connectivity index (χ3n) is 9.28. The van der Waals surface area contributed by atoms with Crippen molar-refractivity contribution in [2.75, 3.05) is 46.9 Å². The van der Waals surface area contributed by atoms with E-state index in [-0.39, 0.29) is 54.3 Å². The van der Waals surface area contributed by atoms with Crippen molar-refractivity contribution in [1.82, 2.24) is 9.62 Å². The third kappa shape index (κ3) is 12.1. The van der Waals surface area contributed by atoms with Crippen molar-refractivity contribution in [3.63, 3.8) is 0 Å². The summed E-state index contributed by atoms with van der Waals surface area (Å²) in [5.74, 6) is 0.0453. The molecule has 2 N–H and O–H groups in total. The maximum Gasteiger partial charge on any atom is 0.417 e. The first-order chi connectivity index (χ1) is 27.2. The van der Waals surface area contributed by atoms with Crippen molar-refractivity contribution in [2.45, 2.75) is 69.2 Å². The molecule has 1 unspecified atom stereocenters. The van der Waals surface area contributed by atoms with Gasteiger partial charge in [-0.1, -0.05) is 44.2 Å². The number of benzene rings is 3. The molecule has 2 fully saturated rings. The smallest absolute Gasteiger partial charge is 0.417 e. The molecule has 7 atom stereocenters. The maximum absolute atomic E-state index is 13.9. The van der Waals surface area contributed by atoms with Gasteiger partial charge in [0.1, 0.15) is 23.4 Å². The van der Waals surface area contributed by atoms with Crippen LogP contribution in [0.3, 0.4) is 0 Å². The van der Waals surface area contributed by atoms with Crippen molar-refractivity contribution < 1.29 is 65.1 Å². The van der Waals surface area contributed by atoms with E-state index in [0.717, 1.165) is 0 Å². The number of ether oxygens (including phenoxy) is 6. The number of para-hydroxylation sites is 1. The number of nitrogens with zero attached hydrogens (tertiary/aromatic N) is 1. The Balaban J connectivity index is 1.32. The average molecular weight is 835 g/mol. The number of nitrogens with one attached hydrogen (secondary N) is 1. The van der Waals surface area contributed by atoms with E-state index in [0.29, 0.717) is 24.3 Å². The predicted octanol–water partition coefficient (Wildman–Crippen LogP) is 4.99. The summed E-state index contributed by atoms with van der Waals surface area (Å²) < 4.78 is 86.6. The summed E-state index contributed by atoms with van der Waals surface area (Å²) in [6.45, 7) is 5.51. The monoisotopic (exact) mass is 834 g/mol. The summed E-state index contributed by atoms with van der Waals surface area (Å²) in [5, 5.41) is 14.5. The van der Waals surface area contributed by atoms with Gasteiger partial charge in [-0.05, 0) is 79.8 Å². The minimum atomic E-state index is -4.08. The molecule has 0 aromatic heterocycles. The second-order valence-electron chi connectivity index (χ2n) is 14.1. The molecule has 3 aromatic carbocycles. The Kier molecular flexibility index (Phi) is 15.4. The van der Waals surface area contributed by atoms with Gasteiger partial charge in [0.15, 0.2) is 12.4 Å². The highest BCUT2D eigenvalue weighted by Gasteiger charge is 2.44. The van der Waals surface area contributed by atoms with Gasteiger partial charge in [-0.3, -0.25) is 4.52 Å². The molecular formula is C39H51N2O14PS. The highest BCUT2D eigenvalue weighted by atomic mass is 32.2. The first kappa shape index (κ1) is 43.9. The lowest BCUT2D eigenvalue weighted by Crippen LogP contribution is -2.51. The lowest BCUT2D eigenvalue weighted by molar-refractivity contribution is -0.148. The van der Waals surface area contributed by atoms with E-state index < -0.39 is 66.7 Å². The zero-order valence-electron chi connectivity index (χ0n) is 32.6. The molecular weight excluding hydrogens is 783 g/mol. The van der Waals surface area contributed by atoms with Crippen LogP contribution in [0.25, 0.3) is 0 Å². The highest BCUT2D eigenvalue weighted by molar-refractivity contribution is 7.89. The van der Waals surface area contributed by atoms with Gasteiger partial charge in [0.05, 0.1) is 50.4 Å². The van der Waals surface area contributed by atoms with E-state index in [4.69, 9.17) is 37.5 Å². The number of hydrogen-bond acceptors (Lipinski definition) is 14. The molecule has 2 heterocycles. The van der Waals surface area contributed by atoms with Gasteiger partial charge >= 0.3 is 19.7 Å². The number of aliphatic hydroxyl groups excluding tert-OH is 1. The summed E-state index contributed by atoms with van der Waals surface area (Å²) in [7, 11) is -5.49. The van der Waals surface area contributed by atoms with Gasteiger partial charge in [0.25, 0.3) is 0 Å². The molecule has 0 saturated carbocycles. The number of esters is 1. The van der Waals surface area contributed by atoms with Crippen LogP contribution in [0.15, 0.2) is 83.8 Å². The molecule has 2 aliphatic heterocycles. The molecule has 0 bridgehead atoms. The largest absolute Gasteiger partial charge is 0.497 e. The first-order valence-corrected chi connectivity index (χ1v) is 21.7. The number of sulfonamides is 1. The normalized spacial score (nSPS) is 20.5. The van der Waals surface area contributed by atoms with Gasteiger partial charge in [-0.25, -0.2) is 22.6 Å². The second kappa shape index (κ2) is 20.0. The maximum atomic E-state index is 13.9. The summed E-state index contributed by atoms with van der Waals surface area (Å²) in [4.78, 5) is 25.4. The third-order valence-corrected chi connectivity index (χ3v) is 12.7. The van der Waals surface area contributed by atoms with Crippen LogP contribution in [-0.4, -0.2) is 107 Å². The van der Waals surface area contributed by atoms with Gasteiger partial charge in [0.2, 0.25) is 16.4 Å². The van der Waals surface area contributed by atoms with Gasteiger partial charge in [-0.2, -0.15) is 4.31 Å². The molecule has 16 nitrogen and oxygen atoms in total. The number of methoxy groups -OCH3 is 2. The average Bonchev–Trinajstić information content (AvgIpc) is 3.82. The van der Waals surface area contributed by atoms with Crippen LogP contribution in [-0.2, 0) is 49.3 Å². The number of aliphatic hydroxyl groups is 1. The lowest BCUT2D eigenvalue weighted by Gasteiger charge is -2.31. The van der Waals surface area contributed by atoms with E-state index in [1.807, 2.05) is 13.8 Å². The SMILES string of the molecule is COC(=O)[C@@H](C)OP(=O)(COc1ccc(C[C@H](NC(=O)O[C@H]2CO[C@H]3OCC[C@H]32)[C@H](O)CN(CC(C)C)S(=O)(=O)c2ccc(OC)cc2)cc1)Oc1ccccc1. The van der Waals surface area contributed by atoms with E-state index >= 15 is 0 Å². The molecule has 18 heteroatoms. The van der Waals surface area contributed by atoms with Gasteiger partial charge in [-0.15, -0.1) is 0 Å². The summed E-state index contributed by atoms with van der Waals surface area (Å²) in [6, 6.07) is 19.8. The number of rotatable bonds is 20. The van der Waals surface area contributed by atoms with Gasteiger partial charge in [0, 0.05) is 13.1 Å². The molecule has 57 heavy (non-hydrogen) atoms. The van der Waals surface area contributed by atoms with Crippen LogP contribution in [0.2, 0.25) is 0 Å². The molecule has 0 radical (unpaired) electrons. The van der Waals surface area contributed by atoms with Crippen molar-refractivity contribution in [1.29, 1.82) is 0 Å². The molecule has 5 rings (SSSR count). The minimum absolute atomic E-state index is 0.0223. The molecule has 3 aromatic rings. The number of fused-ring (bicyclic) bond motifs is 1. The molecule has 312 valence electrons. The zero-order valence-corrected chi connectivity index (χ0v) is 34.3. The van der Waals surface area contributed by atoms with Crippen LogP contribution in [0.1, 0.15) is 32.8 Å². The van der Waals surface area contributed by atoms with Gasteiger partial charge < -0.3 is 43.4 Å². The number of carbonyl (C=O) groups is 2. The van der Waals surface area contributed by atoms with E-state index in [1.165, 1.54) is 37.6 Å². The molecule has 1 amide bonds. The zero-order chi connectivity index (χ0) is 41.2. The van der Waals surface area contributed by atoms with Crippen molar-refractivity contribution in [3.8, 4) is 17.2 Å². The predicted molar refractivity (Wildman–Crippen MR) is 206 cm³/mol. The molecule has 2 saturated heterocycles. The standard InChI is InChI=1S/C39H51N2O14PS/c1-26(2)22-41(57(46,47)32-17-15-29(48-4)16-18-32)23-35(42)34(40-39(44)53-36-24-51-38-33(36)19-20-50-38)21-28-11-13-30(14-12-28)52-25-56(45,54-27(3)37(43)49-5)55-31-9-7-6-8-10-31/h6-18,26-27,33-36,38,42H,19-25H2,1-5H3,(H,40,44)/t27-,33+,34+,35-,36+,38-,56?/m1/s1. The summed E-state index contributed by atoms with van der Waals surface area (Å²) in [5.41, 5.74) is 0.632. The Hall–Kier alpha value is -4.22. The second-order valence-corrected chi connectivity index (χ2v) is 17.9. The van der Waals surface area contributed by atoms with Crippen LogP contribution < -0.4 is 19.3 Å². The van der Waals surface area contributed by atoms with Crippen LogP contribution in [0.4, 0.5) is 4.79 Å². The number of hydrogen-bond donors (Lipinski definition) is 2. The number of carbonyl (C=O) groups excluding carboxylic acids is 2. The minimum Gasteiger partial charge on any atom is -0.497 e. The van der Waals surface area contributed by atoms with Crippen LogP contribution >= 0.6 is 7.60 Å². The molecule has 0 spiro atoms. The van der Waals surface area contributed by atoms with Crippen molar-refractivity contribution >= 4 is 29.7 Å². The topological polar surface area (TPSA) is 195 Å². The van der Waals surface area contributed by atoms with Crippen LogP contribution in [0, 0.1) is 11.8 Å². The summed E-state index contributed by atoms with van der Waals surface area (Å²) in [6.07, 6.45) is -4.23. The Bertz CT molecular complexity index is 1920. The fraction of sp³-hybridized carbons (Fsp3) is 0.487. The highest BCUT2D eigenvalue weighted by Crippen LogP contribution is 2.49. The Morgan fingerprint density at radius 3 is 2.26 bits per heavy atom.